The number of methoxy groups -OCH3 is 1. The van der Waals surface area contributed by atoms with Gasteiger partial charge in [0.25, 0.3) is 0 Å². The summed E-state index contributed by atoms with van der Waals surface area (Å²) in [6.07, 6.45) is 1.50. The van der Waals surface area contributed by atoms with E-state index in [1.807, 2.05) is 0 Å². The Balaban J connectivity index is 2.88. The zero-order valence-corrected chi connectivity index (χ0v) is 8.75. The molecule has 0 aliphatic heterocycles. The van der Waals surface area contributed by atoms with Crippen LogP contribution in [0, 0.1) is 11.3 Å². The summed E-state index contributed by atoms with van der Waals surface area (Å²) in [4.78, 5) is 4.03. The quantitative estimate of drug-likeness (QED) is 0.740. The van der Waals surface area contributed by atoms with Gasteiger partial charge in [-0.25, -0.2) is 4.98 Å². The Hall–Kier alpha value is -1.79. The normalized spacial score (nSPS) is 9.93. The van der Waals surface area contributed by atoms with E-state index in [-0.39, 0.29) is 0 Å². The zero-order chi connectivity index (χ0) is 10.8. The van der Waals surface area contributed by atoms with Gasteiger partial charge in [0.1, 0.15) is 6.07 Å². The molecule has 0 aliphatic rings. The van der Waals surface area contributed by atoms with Crippen LogP contribution >= 0.6 is 11.6 Å². The highest BCUT2D eigenvalue weighted by molar-refractivity contribution is 6.31. The van der Waals surface area contributed by atoms with Gasteiger partial charge in [-0.1, -0.05) is 17.7 Å². The van der Waals surface area contributed by atoms with Crippen molar-refractivity contribution in [3.05, 3.63) is 35.0 Å². The fourth-order valence-electron chi connectivity index (χ4n) is 1.44. The van der Waals surface area contributed by atoms with Crippen LogP contribution in [0.4, 0.5) is 0 Å². The number of hydrogen-bond donors (Lipinski definition) is 0. The van der Waals surface area contributed by atoms with Crippen LogP contribution in [0.3, 0.4) is 0 Å². The second-order valence-electron chi connectivity index (χ2n) is 2.98. The van der Waals surface area contributed by atoms with Crippen molar-refractivity contribution in [3.63, 3.8) is 0 Å². The summed E-state index contributed by atoms with van der Waals surface area (Å²) in [5.74, 6) is 0.478. The first-order chi connectivity index (χ1) is 7.26. The summed E-state index contributed by atoms with van der Waals surface area (Å²) in [6.45, 7) is 0. The van der Waals surface area contributed by atoms with Gasteiger partial charge >= 0.3 is 0 Å². The molecule has 1 aromatic carbocycles. The van der Waals surface area contributed by atoms with Crippen LogP contribution < -0.4 is 4.74 Å². The van der Waals surface area contributed by atoms with Crippen LogP contribution in [0.25, 0.3) is 10.8 Å². The second-order valence-corrected chi connectivity index (χ2v) is 3.42. The summed E-state index contributed by atoms with van der Waals surface area (Å²) in [7, 11) is 1.54. The maximum atomic E-state index is 8.90. The average Bonchev–Trinajstić information content (AvgIpc) is 2.27. The molecule has 0 saturated heterocycles. The first kappa shape index (κ1) is 9.75. The number of fused-ring (bicyclic) bond motifs is 1. The molecule has 0 spiro atoms. The predicted octanol–water partition coefficient (Wildman–Crippen LogP) is 2.77. The number of nitriles is 1. The van der Waals surface area contributed by atoms with Gasteiger partial charge in [0, 0.05) is 22.0 Å². The molecule has 2 rings (SSSR count). The number of pyridine rings is 1. The lowest BCUT2D eigenvalue weighted by Gasteiger charge is -2.05. The molecule has 0 saturated carbocycles. The van der Waals surface area contributed by atoms with Gasteiger partial charge in [-0.3, -0.25) is 0 Å². The molecule has 4 heteroatoms. The van der Waals surface area contributed by atoms with Crippen molar-refractivity contribution >= 4 is 22.4 Å². The van der Waals surface area contributed by atoms with Crippen LogP contribution in [0.2, 0.25) is 5.02 Å². The Labute approximate surface area is 91.9 Å². The lowest BCUT2D eigenvalue weighted by molar-refractivity contribution is 0.403. The van der Waals surface area contributed by atoms with Gasteiger partial charge in [0.05, 0.1) is 12.7 Å². The third-order valence-electron chi connectivity index (χ3n) is 2.13. The molecule has 74 valence electrons. The van der Waals surface area contributed by atoms with Crippen molar-refractivity contribution in [2.75, 3.05) is 7.11 Å². The molecule has 0 N–H and O–H groups in total. The molecule has 0 fully saturated rings. The minimum atomic E-state index is 0.478. The Bertz CT molecular complexity index is 560. The van der Waals surface area contributed by atoms with E-state index in [1.165, 1.54) is 13.3 Å². The van der Waals surface area contributed by atoms with Crippen LogP contribution in [0.15, 0.2) is 24.4 Å². The molecule has 0 amide bonds. The van der Waals surface area contributed by atoms with Gasteiger partial charge in [0.2, 0.25) is 5.88 Å². The first-order valence-electron chi connectivity index (χ1n) is 4.28. The molecule has 3 nitrogen and oxygen atoms in total. The lowest BCUT2D eigenvalue weighted by Crippen LogP contribution is -1.91. The molecule has 1 aromatic heterocycles. The van der Waals surface area contributed by atoms with E-state index in [1.54, 1.807) is 18.2 Å². The highest BCUT2D eigenvalue weighted by atomic mass is 35.5. The standard InChI is InChI=1S/C11H7ClN2O/c1-15-11-10-4-8(12)2-3-9(10)7(5-13)6-14-11/h2-4,6H,1H3. The van der Waals surface area contributed by atoms with Crippen LogP contribution in [0.5, 0.6) is 5.88 Å². The maximum Gasteiger partial charge on any atom is 0.221 e. The third kappa shape index (κ3) is 1.60. The van der Waals surface area contributed by atoms with E-state index < -0.39 is 0 Å². The van der Waals surface area contributed by atoms with E-state index in [0.717, 1.165) is 10.8 Å². The molecule has 1 heterocycles. The first-order valence-corrected chi connectivity index (χ1v) is 4.66. The molecule has 0 unspecified atom stereocenters. The molecular formula is C11H7ClN2O. The van der Waals surface area contributed by atoms with Gasteiger partial charge in [-0.05, 0) is 12.1 Å². The van der Waals surface area contributed by atoms with E-state index in [9.17, 15) is 0 Å². The van der Waals surface area contributed by atoms with Gasteiger partial charge < -0.3 is 4.74 Å². The van der Waals surface area contributed by atoms with E-state index in [2.05, 4.69) is 11.1 Å². The highest BCUT2D eigenvalue weighted by Gasteiger charge is 2.07. The number of aromatic nitrogens is 1. The predicted molar refractivity (Wildman–Crippen MR) is 58.0 cm³/mol. The van der Waals surface area contributed by atoms with Crippen molar-refractivity contribution in [2.45, 2.75) is 0 Å². The summed E-state index contributed by atoms with van der Waals surface area (Å²) < 4.78 is 5.10. The molecule has 0 radical (unpaired) electrons. The fourth-order valence-corrected chi connectivity index (χ4v) is 1.61. The topological polar surface area (TPSA) is 45.9 Å². The minimum Gasteiger partial charge on any atom is -0.481 e. The smallest absolute Gasteiger partial charge is 0.221 e. The highest BCUT2D eigenvalue weighted by Crippen LogP contribution is 2.28. The zero-order valence-electron chi connectivity index (χ0n) is 7.99. The number of rotatable bonds is 1. The number of ether oxygens (including phenoxy) is 1. The molecule has 0 atom stereocenters. The number of halogens is 1. The third-order valence-corrected chi connectivity index (χ3v) is 2.36. The van der Waals surface area contributed by atoms with Gasteiger partial charge in [-0.15, -0.1) is 0 Å². The Kier molecular flexibility index (Phi) is 2.44. The second kappa shape index (κ2) is 3.76. The van der Waals surface area contributed by atoms with Crippen LogP contribution in [-0.2, 0) is 0 Å². The van der Waals surface area contributed by atoms with E-state index >= 15 is 0 Å². The summed E-state index contributed by atoms with van der Waals surface area (Å²) in [5, 5.41) is 11.1. The molecule has 2 aromatic rings. The van der Waals surface area contributed by atoms with Crippen molar-refractivity contribution in [1.29, 1.82) is 5.26 Å². The molecule has 0 aliphatic carbocycles. The maximum absolute atomic E-state index is 8.90. The van der Waals surface area contributed by atoms with Crippen molar-refractivity contribution in [1.82, 2.24) is 4.98 Å². The van der Waals surface area contributed by atoms with Crippen molar-refractivity contribution in [3.8, 4) is 11.9 Å². The Morgan fingerprint density at radius 1 is 1.40 bits per heavy atom. The van der Waals surface area contributed by atoms with Gasteiger partial charge in [-0.2, -0.15) is 5.26 Å². The monoisotopic (exact) mass is 218 g/mol. The average molecular weight is 219 g/mol. The molecule has 15 heavy (non-hydrogen) atoms. The van der Waals surface area contributed by atoms with Crippen LogP contribution in [0.1, 0.15) is 5.56 Å². The number of nitrogens with zero attached hydrogens (tertiary/aromatic N) is 2. The van der Waals surface area contributed by atoms with E-state index in [0.29, 0.717) is 16.5 Å². The Morgan fingerprint density at radius 3 is 2.87 bits per heavy atom. The molecular weight excluding hydrogens is 212 g/mol. The van der Waals surface area contributed by atoms with Gasteiger partial charge in [0.15, 0.2) is 0 Å². The summed E-state index contributed by atoms with van der Waals surface area (Å²) in [6, 6.07) is 7.35. The van der Waals surface area contributed by atoms with E-state index in [4.69, 9.17) is 21.6 Å². The van der Waals surface area contributed by atoms with Crippen molar-refractivity contribution < 1.29 is 4.74 Å². The van der Waals surface area contributed by atoms with Crippen LogP contribution in [-0.4, -0.2) is 12.1 Å². The van der Waals surface area contributed by atoms with Crippen molar-refractivity contribution in [2.24, 2.45) is 0 Å². The largest absolute Gasteiger partial charge is 0.481 e. The fraction of sp³-hybridized carbons (Fsp3) is 0.0909. The number of benzene rings is 1. The minimum absolute atomic E-state index is 0.478. The summed E-state index contributed by atoms with van der Waals surface area (Å²) >= 11 is 5.88. The SMILES string of the molecule is COc1ncc(C#N)c2ccc(Cl)cc12. The molecule has 0 bridgehead atoms. The number of hydrogen-bond acceptors (Lipinski definition) is 3. The summed E-state index contributed by atoms with van der Waals surface area (Å²) in [5.41, 5.74) is 0.516. The Morgan fingerprint density at radius 2 is 2.20 bits per heavy atom. The lowest BCUT2D eigenvalue weighted by atomic mass is 10.1.